The molecule has 0 aromatic heterocycles. The van der Waals surface area contributed by atoms with E-state index in [-0.39, 0.29) is 6.61 Å². The van der Waals surface area contributed by atoms with E-state index in [9.17, 15) is 19.3 Å². The molecule has 1 aromatic rings. The highest BCUT2D eigenvalue weighted by atomic mass is 19.1. The molecule has 1 aromatic carbocycles. The molecule has 0 aliphatic carbocycles. The minimum Gasteiger partial charge on any atom is -0.473 e. The lowest BCUT2D eigenvalue weighted by atomic mass is 10.3. The molecule has 0 unspecified atom stereocenters. The molecule has 0 amide bonds. The summed E-state index contributed by atoms with van der Waals surface area (Å²) in [6.45, 7) is 1.18. The molecular weight excluding hydrogens is 233 g/mol. The molecule has 0 aliphatic rings. The molecule has 0 saturated carbocycles. The summed E-state index contributed by atoms with van der Waals surface area (Å²) in [5.41, 5.74) is -0.533. The molecule has 7 heteroatoms. The van der Waals surface area contributed by atoms with Gasteiger partial charge in [-0.15, -0.1) is 0 Å². The summed E-state index contributed by atoms with van der Waals surface area (Å²) in [5, 5.41) is 10.6. The van der Waals surface area contributed by atoms with Gasteiger partial charge in [-0.3, -0.25) is 10.1 Å². The number of ether oxygens (including phenoxy) is 2. The van der Waals surface area contributed by atoms with Crippen molar-refractivity contribution in [2.45, 2.75) is 6.92 Å². The number of benzene rings is 1. The van der Waals surface area contributed by atoms with Gasteiger partial charge in [0.25, 0.3) is 0 Å². The predicted molar refractivity (Wildman–Crippen MR) is 55.2 cm³/mol. The van der Waals surface area contributed by atoms with Gasteiger partial charge >= 0.3 is 11.7 Å². The van der Waals surface area contributed by atoms with Crippen LogP contribution in [0.5, 0.6) is 5.75 Å². The number of nitro benzene ring substituents is 1. The van der Waals surface area contributed by atoms with Crippen LogP contribution in [0.2, 0.25) is 0 Å². The summed E-state index contributed by atoms with van der Waals surface area (Å²) in [7, 11) is 0. The van der Waals surface area contributed by atoms with E-state index in [0.29, 0.717) is 0 Å². The van der Waals surface area contributed by atoms with Gasteiger partial charge in [0, 0.05) is 6.07 Å². The molecule has 0 atom stereocenters. The van der Waals surface area contributed by atoms with Crippen LogP contribution < -0.4 is 4.74 Å². The normalized spacial score (nSPS) is 9.76. The minimum absolute atomic E-state index is 0.154. The van der Waals surface area contributed by atoms with Gasteiger partial charge in [0.05, 0.1) is 11.5 Å². The van der Waals surface area contributed by atoms with Gasteiger partial charge in [0.15, 0.2) is 12.4 Å². The van der Waals surface area contributed by atoms with Gasteiger partial charge in [0.2, 0.25) is 5.75 Å². The van der Waals surface area contributed by atoms with E-state index >= 15 is 0 Å². The van der Waals surface area contributed by atoms with Crippen molar-refractivity contribution in [1.82, 2.24) is 0 Å². The maximum atomic E-state index is 13.3. The Morgan fingerprint density at radius 1 is 1.53 bits per heavy atom. The average Bonchev–Trinajstić information content (AvgIpc) is 2.27. The maximum Gasteiger partial charge on any atom is 0.344 e. The van der Waals surface area contributed by atoms with Gasteiger partial charge in [-0.1, -0.05) is 6.07 Å². The largest absolute Gasteiger partial charge is 0.473 e. The molecule has 6 nitrogen and oxygen atoms in total. The number of carbonyl (C=O) groups excluding carboxylic acids is 1. The van der Waals surface area contributed by atoms with E-state index in [2.05, 4.69) is 4.74 Å². The third-order valence-electron chi connectivity index (χ3n) is 1.78. The minimum atomic E-state index is -0.900. The second-order valence-corrected chi connectivity index (χ2v) is 2.94. The van der Waals surface area contributed by atoms with Crippen LogP contribution in [-0.2, 0) is 9.53 Å². The Labute approximate surface area is 96.1 Å². The first-order valence-corrected chi connectivity index (χ1v) is 4.77. The maximum absolute atomic E-state index is 13.3. The van der Waals surface area contributed by atoms with Crippen LogP contribution in [0.15, 0.2) is 18.2 Å². The van der Waals surface area contributed by atoms with Gasteiger partial charge in [0.1, 0.15) is 0 Å². The highest BCUT2D eigenvalue weighted by molar-refractivity contribution is 5.71. The van der Waals surface area contributed by atoms with Crippen molar-refractivity contribution in [3.63, 3.8) is 0 Å². The lowest BCUT2D eigenvalue weighted by Gasteiger charge is -2.06. The van der Waals surface area contributed by atoms with Gasteiger partial charge in [-0.2, -0.15) is 0 Å². The number of nitrogens with zero attached hydrogens (tertiary/aromatic N) is 1. The Bertz CT molecular complexity index is 435. The van der Waals surface area contributed by atoms with Crippen LogP contribution in [-0.4, -0.2) is 24.1 Å². The van der Waals surface area contributed by atoms with E-state index in [1.54, 1.807) is 6.92 Å². The van der Waals surface area contributed by atoms with E-state index in [1.165, 1.54) is 6.07 Å². The Kier molecular flexibility index (Phi) is 4.38. The van der Waals surface area contributed by atoms with Crippen molar-refractivity contribution in [2.24, 2.45) is 0 Å². The first-order valence-electron chi connectivity index (χ1n) is 4.77. The van der Waals surface area contributed by atoms with Crippen molar-refractivity contribution in [3.05, 3.63) is 34.1 Å². The zero-order chi connectivity index (χ0) is 12.8. The highest BCUT2D eigenvalue weighted by Gasteiger charge is 2.20. The molecule has 17 heavy (non-hydrogen) atoms. The average molecular weight is 243 g/mol. The molecule has 0 N–H and O–H groups in total. The van der Waals surface area contributed by atoms with Crippen LogP contribution in [0.1, 0.15) is 6.92 Å². The monoisotopic (exact) mass is 243 g/mol. The summed E-state index contributed by atoms with van der Waals surface area (Å²) >= 11 is 0. The van der Waals surface area contributed by atoms with Crippen LogP contribution >= 0.6 is 0 Å². The fraction of sp³-hybridized carbons (Fsp3) is 0.300. The molecular formula is C10H10FNO5. The van der Waals surface area contributed by atoms with Crippen LogP contribution in [0.3, 0.4) is 0 Å². The Hall–Kier alpha value is -2.18. The molecule has 0 radical (unpaired) electrons. The topological polar surface area (TPSA) is 78.7 Å². The fourth-order valence-electron chi connectivity index (χ4n) is 1.12. The van der Waals surface area contributed by atoms with Crippen LogP contribution in [0.4, 0.5) is 10.1 Å². The lowest BCUT2D eigenvalue weighted by Crippen LogP contribution is -2.15. The number of rotatable bonds is 5. The van der Waals surface area contributed by atoms with Crippen molar-refractivity contribution < 1.29 is 23.6 Å². The third kappa shape index (κ3) is 3.40. The predicted octanol–water partition coefficient (Wildman–Crippen LogP) is 1.68. The second kappa shape index (κ2) is 5.78. The molecule has 0 saturated heterocycles. The van der Waals surface area contributed by atoms with Crippen molar-refractivity contribution in [3.8, 4) is 5.75 Å². The van der Waals surface area contributed by atoms with Crippen molar-refractivity contribution >= 4 is 11.7 Å². The lowest BCUT2D eigenvalue weighted by molar-refractivity contribution is -0.386. The number of nitro groups is 1. The highest BCUT2D eigenvalue weighted by Crippen LogP contribution is 2.29. The van der Waals surface area contributed by atoms with Crippen LogP contribution in [0.25, 0.3) is 0 Å². The number of carbonyl (C=O) groups is 1. The molecule has 92 valence electrons. The number of halogens is 1. The fourth-order valence-corrected chi connectivity index (χ4v) is 1.12. The Morgan fingerprint density at radius 3 is 2.82 bits per heavy atom. The number of para-hydroxylation sites is 1. The Balaban J connectivity index is 2.82. The summed E-state index contributed by atoms with van der Waals surface area (Å²) in [6.07, 6.45) is 0. The number of hydrogen-bond acceptors (Lipinski definition) is 5. The molecule has 0 heterocycles. The van der Waals surface area contributed by atoms with Crippen molar-refractivity contribution in [2.75, 3.05) is 13.2 Å². The van der Waals surface area contributed by atoms with Gasteiger partial charge in [-0.25, -0.2) is 9.18 Å². The first kappa shape index (κ1) is 12.9. The quantitative estimate of drug-likeness (QED) is 0.446. The Morgan fingerprint density at radius 2 is 2.24 bits per heavy atom. The van der Waals surface area contributed by atoms with E-state index < -0.39 is 34.8 Å². The second-order valence-electron chi connectivity index (χ2n) is 2.94. The smallest absolute Gasteiger partial charge is 0.344 e. The zero-order valence-corrected chi connectivity index (χ0v) is 9.01. The summed E-state index contributed by atoms with van der Waals surface area (Å²) in [6, 6.07) is 3.28. The van der Waals surface area contributed by atoms with E-state index in [0.717, 1.165) is 12.1 Å². The third-order valence-corrected chi connectivity index (χ3v) is 1.78. The van der Waals surface area contributed by atoms with E-state index in [4.69, 9.17) is 4.74 Å². The van der Waals surface area contributed by atoms with E-state index in [1.807, 2.05) is 0 Å². The number of hydrogen-bond donors (Lipinski definition) is 0. The zero-order valence-electron chi connectivity index (χ0n) is 9.01. The summed E-state index contributed by atoms with van der Waals surface area (Å²) in [4.78, 5) is 20.8. The number of esters is 1. The van der Waals surface area contributed by atoms with Crippen molar-refractivity contribution in [1.29, 1.82) is 0 Å². The standard InChI is InChI=1S/C10H10FNO5/c1-2-16-9(13)6-17-10-7(11)4-3-5-8(10)12(14)15/h3-5H,2,6H2,1H3. The molecule has 0 spiro atoms. The SMILES string of the molecule is CCOC(=O)COc1c(F)cccc1[N+](=O)[O-]. The first-order chi connectivity index (χ1) is 8.06. The van der Waals surface area contributed by atoms with Gasteiger partial charge in [-0.05, 0) is 13.0 Å². The van der Waals surface area contributed by atoms with Crippen LogP contribution in [0, 0.1) is 15.9 Å². The molecule has 1 rings (SSSR count). The summed E-state index contributed by atoms with van der Waals surface area (Å²) in [5.74, 6) is -2.18. The molecule has 0 bridgehead atoms. The molecule has 0 aliphatic heterocycles. The summed E-state index contributed by atoms with van der Waals surface area (Å²) < 4.78 is 22.6. The molecule has 0 fully saturated rings. The van der Waals surface area contributed by atoms with Gasteiger partial charge < -0.3 is 9.47 Å².